The van der Waals surface area contributed by atoms with Gasteiger partial charge in [-0.15, -0.1) is 0 Å². The van der Waals surface area contributed by atoms with E-state index in [0.29, 0.717) is 46.4 Å². The Balaban J connectivity index is 1.49. The van der Waals surface area contributed by atoms with Gasteiger partial charge in [-0.3, -0.25) is 4.79 Å². The van der Waals surface area contributed by atoms with Crippen LogP contribution >= 0.6 is 11.6 Å². The number of primary amides is 1. The molecule has 0 saturated carbocycles. The number of hydrogen-bond acceptors (Lipinski definition) is 6. The summed E-state index contributed by atoms with van der Waals surface area (Å²) >= 11 is 6.02. The summed E-state index contributed by atoms with van der Waals surface area (Å²) < 4.78 is 13.3. The van der Waals surface area contributed by atoms with E-state index < -0.39 is 11.7 Å². The van der Waals surface area contributed by atoms with Crippen molar-refractivity contribution in [3.63, 3.8) is 0 Å². The van der Waals surface area contributed by atoms with E-state index in [4.69, 9.17) is 26.8 Å². The van der Waals surface area contributed by atoms with Crippen molar-refractivity contribution < 1.29 is 14.3 Å². The number of piperidine rings is 1. The molecule has 8 nitrogen and oxygen atoms in total. The van der Waals surface area contributed by atoms with Gasteiger partial charge in [-0.05, 0) is 37.3 Å². The second-order valence-electron chi connectivity index (χ2n) is 8.50. The maximum absolute atomic E-state index is 12.3. The van der Waals surface area contributed by atoms with Gasteiger partial charge >= 0.3 is 0 Å². The molecule has 174 valence electrons. The number of carbonyl (C=O) groups is 1. The number of nitrogens with zero attached hydrogens (tertiary/aromatic N) is 4. The van der Waals surface area contributed by atoms with Gasteiger partial charge in [0.2, 0.25) is 0 Å². The Labute approximate surface area is 202 Å². The first kappa shape index (κ1) is 22.4. The number of carbonyl (C=O) groups excluding carboxylic acids is 1. The minimum atomic E-state index is -0.565. The van der Waals surface area contributed by atoms with E-state index in [2.05, 4.69) is 16.1 Å². The molecule has 2 aliphatic rings. The van der Waals surface area contributed by atoms with E-state index in [9.17, 15) is 10.1 Å². The molecule has 9 heteroatoms. The minimum Gasteiger partial charge on any atom is -0.370 e. The van der Waals surface area contributed by atoms with Crippen LogP contribution in [0.4, 0.5) is 5.69 Å². The lowest BCUT2D eigenvalue weighted by Gasteiger charge is -2.39. The smallest absolute Gasteiger partial charge is 0.252 e. The zero-order valence-electron chi connectivity index (χ0n) is 18.8. The molecule has 34 heavy (non-hydrogen) atoms. The monoisotopic (exact) mass is 477 g/mol. The highest BCUT2D eigenvalue weighted by Gasteiger charge is 2.40. The first-order chi connectivity index (χ1) is 16.4. The molecule has 2 aliphatic heterocycles. The number of rotatable bonds is 4. The second kappa shape index (κ2) is 8.76. The van der Waals surface area contributed by atoms with Crippen molar-refractivity contribution in [2.75, 3.05) is 31.2 Å². The predicted molar refractivity (Wildman–Crippen MR) is 128 cm³/mol. The number of amides is 1. The number of halogens is 1. The summed E-state index contributed by atoms with van der Waals surface area (Å²) in [6, 6.07) is 15.0. The Morgan fingerprint density at radius 2 is 1.82 bits per heavy atom. The van der Waals surface area contributed by atoms with Crippen LogP contribution in [0.3, 0.4) is 0 Å². The summed E-state index contributed by atoms with van der Waals surface area (Å²) in [6.07, 6.45) is 1.51. The van der Waals surface area contributed by atoms with Gasteiger partial charge < -0.3 is 20.1 Å². The number of hydrogen-bond donors (Lipinski definition) is 1. The molecule has 2 aromatic carbocycles. The Morgan fingerprint density at radius 1 is 1.15 bits per heavy atom. The van der Waals surface area contributed by atoms with Crippen molar-refractivity contribution in [3.05, 3.63) is 64.3 Å². The van der Waals surface area contributed by atoms with Gasteiger partial charge in [0.05, 0.1) is 41.4 Å². The molecule has 1 amide bonds. The lowest BCUT2D eigenvalue weighted by molar-refractivity contribution is -0.169. The Hall–Kier alpha value is -3.38. The van der Waals surface area contributed by atoms with Crippen molar-refractivity contribution in [2.45, 2.75) is 25.6 Å². The number of nitrogens with two attached hydrogens (primary N) is 1. The van der Waals surface area contributed by atoms with Gasteiger partial charge in [0.15, 0.2) is 5.79 Å². The highest BCUT2D eigenvalue weighted by molar-refractivity contribution is 6.30. The second-order valence-corrected chi connectivity index (χ2v) is 8.94. The highest BCUT2D eigenvalue weighted by Crippen LogP contribution is 2.35. The largest absolute Gasteiger partial charge is 0.370 e. The van der Waals surface area contributed by atoms with E-state index in [-0.39, 0.29) is 0 Å². The third-order valence-electron chi connectivity index (χ3n) is 6.51. The van der Waals surface area contributed by atoms with E-state index >= 15 is 0 Å². The van der Waals surface area contributed by atoms with Crippen LogP contribution in [-0.4, -0.2) is 47.8 Å². The molecule has 2 saturated heterocycles. The maximum Gasteiger partial charge on any atom is 0.252 e. The van der Waals surface area contributed by atoms with Crippen LogP contribution in [0.1, 0.15) is 34.5 Å². The Bertz CT molecular complexity index is 1280. The summed E-state index contributed by atoms with van der Waals surface area (Å²) in [6.45, 7) is 4.53. The molecular weight excluding hydrogens is 454 g/mol. The maximum atomic E-state index is 12.3. The average molecular weight is 478 g/mol. The minimum absolute atomic E-state index is 0.336. The highest BCUT2D eigenvalue weighted by atomic mass is 35.5. The molecule has 3 aromatic rings. The van der Waals surface area contributed by atoms with Gasteiger partial charge in [-0.2, -0.15) is 10.4 Å². The lowest BCUT2D eigenvalue weighted by Crippen LogP contribution is -2.45. The van der Waals surface area contributed by atoms with Crippen LogP contribution in [0, 0.1) is 18.3 Å². The van der Waals surface area contributed by atoms with Crippen molar-refractivity contribution in [3.8, 4) is 23.0 Å². The third kappa shape index (κ3) is 3.92. The summed E-state index contributed by atoms with van der Waals surface area (Å²) in [5, 5.41) is 15.2. The van der Waals surface area contributed by atoms with Gasteiger partial charge in [-0.25, -0.2) is 4.68 Å². The molecule has 3 heterocycles. The van der Waals surface area contributed by atoms with Gasteiger partial charge in [0.25, 0.3) is 5.91 Å². The average Bonchev–Trinajstić information content (AvgIpc) is 3.44. The van der Waals surface area contributed by atoms with Crippen LogP contribution < -0.4 is 10.6 Å². The number of anilines is 1. The van der Waals surface area contributed by atoms with Crippen LogP contribution in [0.2, 0.25) is 5.02 Å². The fourth-order valence-electron chi connectivity index (χ4n) is 4.75. The van der Waals surface area contributed by atoms with Crippen LogP contribution in [0.5, 0.6) is 0 Å². The van der Waals surface area contributed by atoms with Crippen molar-refractivity contribution in [1.82, 2.24) is 9.78 Å². The summed E-state index contributed by atoms with van der Waals surface area (Å²) in [4.78, 5) is 14.5. The van der Waals surface area contributed by atoms with Crippen LogP contribution in [0.25, 0.3) is 16.9 Å². The summed E-state index contributed by atoms with van der Waals surface area (Å²) in [5.74, 6) is -1.04. The molecule has 5 rings (SSSR count). The number of aromatic nitrogens is 2. The first-order valence-corrected chi connectivity index (χ1v) is 11.5. The van der Waals surface area contributed by atoms with Crippen LogP contribution in [-0.2, 0) is 9.47 Å². The number of nitriles is 1. The third-order valence-corrected chi connectivity index (χ3v) is 6.76. The molecule has 2 N–H and O–H groups in total. The van der Waals surface area contributed by atoms with Crippen molar-refractivity contribution in [1.29, 1.82) is 5.26 Å². The SMILES string of the molecule is Cc1c(C(N)=O)c(-c2ccc(Cl)cc2)nn1-c1ccc(N2CCC3(CC2)OCCO3)c(C#N)c1. The molecule has 0 aliphatic carbocycles. The van der Waals surface area contributed by atoms with Crippen molar-refractivity contribution in [2.24, 2.45) is 5.73 Å². The normalized spacial score (nSPS) is 17.1. The van der Waals surface area contributed by atoms with Gasteiger partial charge in [0, 0.05) is 36.5 Å². The molecule has 0 atom stereocenters. The van der Waals surface area contributed by atoms with E-state index in [1.54, 1.807) is 41.9 Å². The Kier molecular flexibility index (Phi) is 5.78. The van der Waals surface area contributed by atoms with Gasteiger partial charge in [-0.1, -0.05) is 23.7 Å². The zero-order valence-corrected chi connectivity index (χ0v) is 19.5. The summed E-state index contributed by atoms with van der Waals surface area (Å²) in [5.41, 5.74) is 9.92. The molecular formula is C25H24ClN5O3. The molecule has 0 radical (unpaired) electrons. The molecule has 0 bridgehead atoms. The predicted octanol–water partition coefficient (Wildman–Crippen LogP) is 3.82. The van der Waals surface area contributed by atoms with Crippen LogP contribution in [0.15, 0.2) is 42.5 Å². The van der Waals surface area contributed by atoms with Gasteiger partial charge in [0.1, 0.15) is 11.8 Å². The standard InChI is InChI=1S/C25H24ClN5O3/c1-16-22(24(28)32)23(17-2-4-19(26)5-3-17)29-31(16)20-6-7-21(18(14-20)15-27)30-10-8-25(9-11-30)33-12-13-34-25/h2-7,14H,8-13H2,1H3,(H2,28,32). The molecule has 0 unspecified atom stereocenters. The number of benzene rings is 2. The first-order valence-electron chi connectivity index (χ1n) is 11.1. The fraction of sp³-hybridized carbons (Fsp3) is 0.320. The number of ether oxygens (including phenoxy) is 2. The quantitative estimate of drug-likeness (QED) is 0.612. The fourth-order valence-corrected chi connectivity index (χ4v) is 4.88. The molecule has 2 fully saturated rings. The van der Waals surface area contributed by atoms with E-state index in [1.165, 1.54) is 0 Å². The molecule has 1 aromatic heterocycles. The molecule has 1 spiro atoms. The zero-order chi connectivity index (χ0) is 23.9. The lowest BCUT2D eigenvalue weighted by atomic mass is 10.0. The van der Waals surface area contributed by atoms with E-state index in [1.807, 2.05) is 12.1 Å². The Morgan fingerprint density at radius 3 is 2.44 bits per heavy atom. The topological polar surface area (TPSA) is 106 Å². The van der Waals surface area contributed by atoms with Crippen molar-refractivity contribution >= 4 is 23.2 Å². The summed E-state index contributed by atoms with van der Waals surface area (Å²) in [7, 11) is 0. The van der Waals surface area contributed by atoms with E-state index in [0.717, 1.165) is 37.2 Å².